The summed E-state index contributed by atoms with van der Waals surface area (Å²) in [5, 5.41) is 0.855. The number of nitrogens with one attached hydrogen (secondary N) is 1. The molecular weight excluding hydrogens is 240 g/mol. The van der Waals surface area contributed by atoms with Crippen LogP contribution in [-0.2, 0) is 4.74 Å². The van der Waals surface area contributed by atoms with Crippen LogP contribution in [0.5, 0.6) is 0 Å². The van der Waals surface area contributed by atoms with Crippen molar-refractivity contribution in [3.63, 3.8) is 0 Å². The zero-order valence-corrected chi connectivity index (χ0v) is 10.4. The number of ether oxygens (including phenoxy) is 1. The van der Waals surface area contributed by atoms with E-state index in [1.807, 2.05) is 30.3 Å². The molecule has 0 saturated heterocycles. The predicted molar refractivity (Wildman–Crippen MR) is 72.9 cm³/mol. The number of hydrogen-bond donors (Lipinski definition) is 1. The number of hydrogen-bond acceptors (Lipinski definition) is 3. The smallest absolute Gasteiger partial charge is 0.340 e. The van der Waals surface area contributed by atoms with Gasteiger partial charge in [-0.2, -0.15) is 0 Å². The van der Waals surface area contributed by atoms with E-state index in [2.05, 4.69) is 9.97 Å². The number of H-pyrrole nitrogens is 1. The molecule has 0 aliphatic carbocycles. The first-order valence-corrected chi connectivity index (χ1v) is 5.89. The number of benzene rings is 1. The summed E-state index contributed by atoms with van der Waals surface area (Å²) < 4.78 is 4.78. The van der Waals surface area contributed by atoms with Crippen LogP contribution in [0.4, 0.5) is 0 Å². The van der Waals surface area contributed by atoms with Crippen molar-refractivity contribution in [3.05, 3.63) is 54.5 Å². The first-order valence-electron chi connectivity index (χ1n) is 5.89. The molecule has 1 N–H and O–H groups in total. The molecule has 4 nitrogen and oxygen atoms in total. The zero-order chi connectivity index (χ0) is 13.2. The van der Waals surface area contributed by atoms with Gasteiger partial charge in [0.25, 0.3) is 0 Å². The fourth-order valence-electron chi connectivity index (χ4n) is 2.11. The van der Waals surface area contributed by atoms with E-state index >= 15 is 0 Å². The summed E-state index contributed by atoms with van der Waals surface area (Å²) in [5.41, 5.74) is 3.49. The number of pyridine rings is 1. The number of aromatic nitrogens is 2. The van der Waals surface area contributed by atoms with Gasteiger partial charge in [0.2, 0.25) is 0 Å². The van der Waals surface area contributed by atoms with Crippen molar-refractivity contribution < 1.29 is 9.53 Å². The molecule has 3 aromatic rings. The Labute approximate surface area is 110 Å². The molecule has 0 unspecified atom stereocenters. The average Bonchev–Trinajstić information content (AvgIpc) is 2.90. The van der Waals surface area contributed by atoms with E-state index in [9.17, 15) is 4.79 Å². The van der Waals surface area contributed by atoms with Crippen molar-refractivity contribution in [2.24, 2.45) is 0 Å². The van der Waals surface area contributed by atoms with Gasteiger partial charge in [-0.05, 0) is 23.8 Å². The topological polar surface area (TPSA) is 55.0 Å². The molecule has 0 fully saturated rings. The monoisotopic (exact) mass is 252 g/mol. The van der Waals surface area contributed by atoms with E-state index in [0.717, 1.165) is 22.0 Å². The lowest BCUT2D eigenvalue weighted by molar-refractivity contribution is 0.0603. The van der Waals surface area contributed by atoms with Gasteiger partial charge in [-0.3, -0.25) is 4.98 Å². The van der Waals surface area contributed by atoms with Crippen LogP contribution in [0.1, 0.15) is 10.4 Å². The first kappa shape index (κ1) is 11.5. The van der Waals surface area contributed by atoms with Crippen molar-refractivity contribution >= 4 is 16.9 Å². The van der Waals surface area contributed by atoms with Gasteiger partial charge in [0, 0.05) is 35.1 Å². The molecule has 0 saturated carbocycles. The Morgan fingerprint density at radius 3 is 2.89 bits per heavy atom. The SMILES string of the molecule is COC(=O)c1c[nH]c2ccc(-c3cccnc3)cc12. The molecule has 3 rings (SSSR count). The van der Waals surface area contributed by atoms with Crippen LogP contribution in [0.25, 0.3) is 22.0 Å². The molecule has 2 heterocycles. The molecule has 0 spiro atoms. The third kappa shape index (κ3) is 1.97. The van der Waals surface area contributed by atoms with Crippen molar-refractivity contribution in [1.29, 1.82) is 0 Å². The normalized spacial score (nSPS) is 10.6. The molecule has 1 aromatic carbocycles. The fraction of sp³-hybridized carbons (Fsp3) is 0.0667. The van der Waals surface area contributed by atoms with Crippen LogP contribution in [0, 0.1) is 0 Å². The molecule has 0 amide bonds. The van der Waals surface area contributed by atoms with Crippen LogP contribution < -0.4 is 0 Å². The third-order valence-corrected chi connectivity index (χ3v) is 3.08. The standard InChI is InChI=1S/C15H12N2O2/c1-19-15(18)13-9-17-14-5-4-10(7-12(13)14)11-3-2-6-16-8-11/h2-9,17H,1H3. The van der Waals surface area contributed by atoms with Crippen molar-refractivity contribution in [2.45, 2.75) is 0 Å². The third-order valence-electron chi connectivity index (χ3n) is 3.08. The second-order valence-corrected chi connectivity index (χ2v) is 4.20. The zero-order valence-electron chi connectivity index (χ0n) is 10.4. The molecule has 19 heavy (non-hydrogen) atoms. The number of aromatic amines is 1. The van der Waals surface area contributed by atoms with Gasteiger partial charge in [-0.25, -0.2) is 4.79 Å². The molecule has 0 radical (unpaired) electrons. The number of carbonyl (C=O) groups excluding carboxylic acids is 1. The maximum Gasteiger partial charge on any atom is 0.340 e. The summed E-state index contributed by atoms with van der Waals surface area (Å²) in [4.78, 5) is 18.9. The van der Waals surface area contributed by atoms with Crippen LogP contribution >= 0.6 is 0 Å². The number of fused-ring (bicyclic) bond motifs is 1. The Kier molecular flexibility index (Phi) is 2.76. The molecule has 94 valence electrons. The first-order chi connectivity index (χ1) is 9.29. The van der Waals surface area contributed by atoms with Crippen LogP contribution in [0.3, 0.4) is 0 Å². The molecule has 4 heteroatoms. The number of nitrogens with zero attached hydrogens (tertiary/aromatic N) is 1. The van der Waals surface area contributed by atoms with Crippen molar-refractivity contribution in [1.82, 2.24) is 9.97 Å². The molecule has 0 bridgehead atoms. The molecule has 0 aliphatic heterocycles. The van der Waals surface area contributed by atoms with Crippen molar-refractivity contribution in [2.75, 3.05) is 7.11 Å². The summed E-state index contributed by atoms with van der Waals surface area (Å²) in [5.74, 6) is -0.338. The highest BCUT2D eigenvalue weighted by Crippen LogP contribution is 2.26. The fourth-order valence-corrected chi connectivity index (χ4v) is 2.11. The lowest BCUT2D eigenvalue weighted by Gasteiger charge is -2.02. The number of carbonyl (C=O) groups is 1. The van der Waals surface area contributed by atoms with E-state index < -0.39 is 0 Å². The average molecular weight is 252 g/mol. The van der Waals surface area contributed by atoms with Crippen LogP contribution in [0.2, 0.25) is 0 Å². The van der Waals surface area contributed by atoms with Gasteiger partial charge in [0.05, 0.1) is 12.7 Å². The Bertz CT molecular complexity index is 732. The lowest BCUT2D eigenvalue weighted by Crippen LogP contribution is -1.99. The highest BCUT2D eigenvalue weighted by Gasteiger charge is 2.12. The highest BCUT2D eigenvalue weighted by molar-refractivity contribution is 6.05. The minimum absolute atomic E-state index is 0.338. The Morgan fingerprint density at radius 2 is 2.16 bits per heavy atom. The van der Waals surface area contributed by atoms with E-state index in [1.165, 1.54) is 7.11 Å². The van der Waals surface area contributed by atoms with E-state index in [4.69, 9.17) is 4.74 Å². The van der Waals surface area contributed by atoms with E-state index in [-0.39, 0.29) is 5.97 Å². The van der Waals surface area contributed by atoms with Gasteiger partial charge >= 0.3 is 5.97 Å². The second-order valence-electron chi connectivity index (χ2n) is 4.20. The summed E-state index contributed by atoms with van der Waals surface area (Å²) in [7, 11) is 1.38. The van der Waals surface area contributed by atoms with Crippen LogP contribution in [0.15, 0.2) is 48.9 Å². The molecular formula is C15H12N2O2. The van der Waals surface area contributed by atoms with Gasteiger partial charge in [0.1, 0.15) is 0 Å². The minimum atomic E-state index is -0.338. The van der Waals surface area contributed by atoms with Crippen molar-refractivity contribution in [3.8, 4) is 11.1 Å². The summed E-state index contributed by atoms with van der Waals surface area (Å²) in [6.07, 6.45) is 5.20. The number of rotatable bonds is 2. The minimum Gasteiger partial charge on any atom is -0.465 e. The molecule has 0 atom stereocenters. The molecule has 2 aromatic heterocycles. The second kappa shape index (κ2) is 4.57. The maximum absolute atomic E-state index is 11.7. The Hall–Kier alpha value is -2.62. The quantitative estimate of drug-likeness (QED) is 0.713. The Morgan fingerprint density at radius 1 is 1.26 bits per heavy atom. The number of esters is 1. The maximum atomic E-state index is 11.7. The van der Waals surface area contributed by atoms with Gasteiger partial charge in [-0.15, -0.1) is 0 Å². The Balaban J connectivity index is 2.17. The van der Waals surface area contributed by atoms with Crippen LogP contribution in [-0.4, -0.2) is 23.0 Å². The summed E-state index contributed by atoms with van der Waals surface area (Å²) >= 11 is 0. The van der Waals surface area contributed by atoms with Gasteiger partial charge in [-0.1, -0.05) is 12.1 Å². The van der Waals surface area contributed by atoms with Gasteiger partial charge < -0.3 is 9.72 Å². The lowest BCUT2D eigenvalue weighted by atomic mass is 10.0. The highest BCUT2D eigenvalue weighted by atomic mass is 16.5. The van der Waals surface area contributed by atoms with E-state index in [1.54, 1.807) is 18.6 Å². The number of methoxy groups -OCH3 is 1. The largest absolute Gasteiger partial charge is 0.465 e. The summed E-state index contributed by atoms with van der Waals surface area (Å²) in [6, 6.07) is 9.78. The van der Waals surface area contributed by atoms with E-state index in [0.29, 0.717) is 5.56 Å². The molecule has 0 aliphatic rings. The predicted octanol–water partition coefficient (Wildman–Crippen LogP) is 3.02. The summed E-state index contributed by atoms with van der Waals surface area (Å²) in [6.45, 7) is 0. The van der Waals surface area contributed by atoms with Gasteiger partial charge in [0.15, 0.2) is 0 Å².